The van der Waals surface area contributed by atoms with Gasteiger partial charge < -0.3 is 24.3 Å². The zero-order valence-corrected chi connectivity index (χ0v) is 18.7. The maximum atomic E-state index is 13.7. The topological polar surface area (TPSA) is 86.3 Å². The lowest BCUT2D eigenvalue weighted by atomic mass is 10.0. The standard InChI is InChI=1S/C26H22N2O6/c1-31-19-9-5-3-7-17(19)23-24(27-16-11-12-21-22(15-16)34-14-13-33-21)26(30)28(25(23)29)18-8-4-6-10-20(18)32-2/h3-12,15,27H,13-14H2,1-2H3. The van der Waals surface area contributed by atoms with Crippen LogP contribution >= 0.6 is 0 Å². The van der Waals surface area contributed by atoms with Gasteiger partial charge in [0.1, 0.15) is 30.4 Å². The number of ether oxygens (including phenoxy) is 4. The number of methoxy groups -OCH3 is 2. The molecule has 0 saturated heterocycles. The number of para-hydroxylation sites is 3. The highest BCUT2D eigenvalue weighted by atomic mass is 16.6. The van der Waals surface area contributed by atoms with Crippen LogP contribution in [0.4, 0.5) is 11.4 Å². The Bertz CT molecular complexity index is 1320. The van der Waals surface area contributed by atoms with Crippen LogP contribution in [0.5, 0.6) is 23.0 Å². The maximum Gasteiger partial charge on any atom is 0.282 e. The Labute approximate surface area is 196 Å². The Morgan fingerprint density at radius 2 is 1.47 bits per heavy atom. The van der Waals surface area contributed by atoms with E-state index in [1.165, 1.54) is 14.2 Å². The molecule has 0 unspecified atom stereocenters. The molecule has 2 aliphatic rings. The van der Waals surface area contributed by atoms with E-state index in [1.807, 2.05) is 0 Å². The van der Waals surface area contributed by atoms with Crippen molar-refractivity contribution in [2.75, 3.05) is 37.7 Å². The zero-order valence-electron chi connectivity index (χ0n) is 18.7. The number of carbonyl (C=O) groups is 2. The number of carbonyl (C=O) groups excluding carboxylic acids is 2. The van der Waals surface area contributed by atoms with E-state index in [9.17, 15) is 9.59 Å². The van der Waals surface area contributed by atoms with E-state index in [0.717, 1.165) is 4.90 Å². The van der Waals surface area contributed by atoms with Gasteiger partial charge in [0.25, 0.3) is 11.8 Å². The van der Waals surface area contributed by atoms with Gasteiger partial charge in [-0.2, -0.15) is 0 Å². The van der Waals surface area contributed by atoms with Gasteiger partial charge in [0.05, 0.1) is 25.5 Å². The quantitative estimate of drug-likeness (QED) is 0.561. The molecule has 0 aliphatic carbocycles. The Balaban J connectivity index is 1.63. The van der Waals surface area contributed by atoms with Crippen molar-refractivity contribution in [3.05, 3.63) is 78.0 Å². The number of nitrogens with zero attached hydrogens (tertiary/aromatic N) is 1. The van der Waals surface area contributed by atoms with E-state index in [1.54, 1.807) is 66.7 Å². The van der Waals surface area contributed by atoms with Gasteiger partial charge in [-0.3, -0.25) is 9.59 Å². The molecule has 3 aromatic rings. The maximum absolute atomic E-state index is 13.7. The summed E-state index contributed by atoms with van der Waals surface area (Å²) in [5.41, 5.74) is 1.75. The number of hydrogen-bond donors (Lipinski definition) is 1. The van der Waals surface area contributed by atoms with Crippen LogP contribution in [0.3, 0.4) is 0 Å². The monoisotopic (exact) mass is 458 g/mol. The van der Waals surface area contributed by atoms with Crippen molar-refractivity contribution >= 4 is 28.8 Å². The first-order valence-electron chi connectivity index (χ1n) is 10.7. The Morgan fingerprint density at radius 3 is 2.24 bits per heavy atom. The fourth-order valence-corrected chi connectivity index (χ4v) is 4.05. The molecular weight excluding hydrogens is 436 g/mol. The number of anilines is 2. The van der Waals surface area contributed by atoms with Crippen molar-refractivity contribution < 1.29 is 28.5 Å². The predicted octanol–water partition coefficient (Wildman–Crippen LogP) is 3.87. The number of imide groups is 1. The lowest BCUT2D eigenvalue weighted by molar-refractivity contribution is -0.120. The molecule has 5 rings (SSSR count). The van der Waals surface area contributed by atoms with Crippen LogP contribution < -0.4 is 29.2 Å². The first-order valence-corrected chi connectivity index (χ1v) is 10.7. The lowest BCUT2D eigenvalue weighted by Crippen LogP contribution is -2.32. The third kappa shape index (κ3) is 3.59. The van der Waals surface area contributed by atoms with Crippen molar-refractivity contribution in [3.63, 3.8) is 0 Å². The third-order valence-corrected chi connectivity index (χ3v) is 5.60. The van der Waals surface area contributed by atoms with Gasteiger partial charge in [-0.25, -0.2) is 4.90 Å². The summed E-state index contributed by atoms with van der Waals surface area (Å²) in [7, 11) is 3.01. The molecule has 0 spiro atoms. The van der Waals surface area contributed by atoms with Crippen LogP contribution in [0.2, 0.25) is 0 Å². The summed E-state index contributed by atoms with van der Waals surface area (Å²) in [6.45, 7) is 0.911. The second kappa shape index (κ2) is 8.82. The summed E-state index contributed by atoms with van der Waals surface area (Å²) in [5.74, 6) is 1.07. The lowest BCUT2D eigenvalue weighted by Gasteiger charge is -2.20. The molecule has 0 radical (unpaired) electrons. The fraction of sp³-hybridized carbons (Fsp3) is 0.154. The highest BCUT2D eigenvalue weighted by molar-refractivity contribution is 6.46. The highest BCUT2D eigenvalue weighted by Crippen LogP contribution is 2.41. The summed E-state index contributed by atoms with van der Waals surface area (Å²) in [6, 6.07) is 19.2. The number of rotatable bonds is 6. The van der Waals surface area contributed by atoms with Gasteiger partial charge in [0.15, 0.2) is 11.5 Å². The third-order valence-electron chi connectivity index (χ3n) is 5.60. The van der Waals surface area contributed by atoms with Gasteiger partial charge in [-0.05, 0) is 30.3 Å². The summed E-state index contributed by atoms with van der Waals surface area (Å²) in [4.78, 5) is 28.5. The molecule has 3 aromatic carbocycles. The van der Waals surface area contributed by atoms with Gasteiger partial charge >= 0.3 is 0 Å². The SMILES string of the molecule is COc1ccccc1C1=C(Nc2ccc3c(c2)OCCO3)C(=O)N(c2ccccc2OC)C1=O. The molecule has 1 N–H and O–H groups in total. The second-order valence-electron chi connectivity index (χ2n) is 7.55. The zero-order chi connectivity index (χ0) is 23.7. The molecule has 2 amide bonds. The molecule has 0 saturated carbocycles. The molecule has 0 atom stereocenters. The van der Waals surface area contributed by atoms with Gasteiger partial charge in [-0.15, -0.1) is 0 Å². The van der Waals surface area contributed by atoms with E-state index in [2.05, 4.69) is 5.32 Å². The van der Waals surface area contributed by atoms with Crippen LogP contribution in [0.25, 0.3) is 5.57 Å². The molecule has 0 fully saturated rings. The summed E-state index contributed by atoms with van der Waals surface area (Å²) in [6.07, 6.45) is 0. The Kier molecular flexibility index (Phi) is 5.55. The first-order chi connectivity index (χ1) is 16.6. The normalized spacial score (nSPS) is 14.9. The minimum atomic E-state index is -0.509. The molecule has 8 heteroatoms. The molecule has 8 nitrogen and oxygen atoms in total. The van der Waals surface area contributed by atoms with Crippen molar-refractivity contribution in [2.24, 2.45) is 0 Å². The number of nitrogens with one attached hydrogen (secondary N) is 1. The van der Waals surface area contributed by atoms with E-state index in [0.29, 0.717) is 53.2 Å². The van der Waals surface area contributed by atoms with E-state index >= 15 is 0 Å². The van der Waals surface area contributed by atoms with E-state index < -0.39 is 11.8 Å². The predicted molar refractivity (Wildman–Crippen MR) is 126 cm³/mol. The molecule has 2 aliphatic heterocycles. The van der Waals surface area contributed by atoms with Crippen LogP contribution in [0, 0.1) is 0 Å². The number of amides is 2. The van der Waals surface area contributed by atoms with Gasteiger partial charge in [-0.1, -0.05) is 30.3 Å². The number of hydrogen-bond acceptors (Lipinski definition) is 7. The summed E-state index contributed by atoms with van der Waals surface area (Å²) < 4.78 is 22.2. The average molecular weight is 458 g/mol. The van der Waals surface area contributed by atoms with Crippen LogP contribution in [0.1, 0.15) is 5.56 Å². The van der Waals surface area contributed by atoms with Crippen molar-refractivity contribution in [3.8, 4) is 23.0 Å². The van der Waals surface area contributed by atoms with Crippen molar-refractivity contribution in [1.29, 1.82) is 0 Å². The second-order valence-corrected chi connectivity index (χ2v) is 7.55. The molecule has 0 bridgehead atoms. The van der Waals surface area contributed by atoms with Crippen LogP contribution in [-0.2, 0) is 9.59 Å². The Hall–Kier alpha value is -4.46. The number of benzene rings is 3. The summed E-state index contributed by atoms with van der Waals surface area (Å²) in [5, 5.41) is 3.14. The largest absolute Gasteiger partial charge is 0.496 e. The van der Waals surface area contributed by atoms with Crippen molar-refractivity contribution in [1.82, 2.24) is 0 Å². The smallest absolute Gasteiger partial charge is 0.282 e. The average Bonchev–Trinajstić information content (AvgIpc) is 3.12. The van der Waals surface area contributed by atoms with Crippen molar-refractivity contribution in [2.45, 2.75) is 0 Å². The molecule has 0 aromatic heterocycles. The highest BCUT2D eigenvalue weighted by Gasteiger charge is 2.42. The Morgan fingerprint density at radius 1 is 0.794 bits per heavy atom. The van der Waals surface area contributed by atoms with E-state index in [-0.39, 0.29) is 11.3 Å². The molecule has 172 valence electrons. The molecule has 34 heavy (non-hydrogen) atoms. The van der Waals surface area contributed by atoms with Gasteiger partial charge in [0.2, 0.25) is 0 Å². The number of fused-ring (bicyclic) bond motifs is 1. The molecule has 2 heterocycles. The van der Waals surface area contributed by atoms with E-state index in [4.69, 9.17) is 18.9 Å². The van der Waals surface area contributed by atoms with Crippen LogP contribution in [-0.4, -0.2) is 39.2 Å². The minimum absolute atomic E-state index is 0.122. The summed E-state index contributed by atoms with van der Waals surface area (Å²) >= 11 is 0. The van der Waals surface area contributed by atoms with Crippen LogP contribution in [0.15, 0.2) is 72.4 Å². The molecular formula is C26H22N2O6. The minimum Gasteiger partial charge on any atom is -0.496 e. The van der Waals surface area contributed by atoms with Gasteiger partial charge in [0, 0.05) is 17.3 Å². The fourth-order valence-electron chi connectivity index (χ4n) is 4.05. The first kappa shape index (κ1) is 21.4.